The van der Waals surface area contributed by atoms with Gasteiger partial charge in [-0.25, -0.2) is 0 Å². The maximum atomic E-state index is 12.0. The molecule has 0 radical (unpaired) electrons. The van der Waals surface area contributed by atoms with E-state index in [1.165, 1.54) is 11.2 Å². The molecule has 7 nitrogen and oxygen atoms in total. The highest BCUT2D eigenvalue weighted by molar-refractivity contribution is 5.94. The lowest BCUT2D eigenvalue weighted by Gasteiger charge is -2.29. The molecule has 0 spiro atoms. The summed E-state index contributed by atoms with van der Waals surface area (Å²) in [5.41, 5.74) is 0. The maximum absolute atomic E-state index is 12.0. The minimum atomic E-state index is -0.330. The summed E-state index contributed by atoms with van der Waals surface area (Å²) >= 11 is 0. The van der Waals surface area contributed by atoms with Gasteiger partial charge in [-0.15, -0.1) is 0 Å². The highest BCUT2D eigenvalue weighted by atomic mass is 16.6. The second-order valence-corrected chi connectivity index (χ2v) is 4.49. The zero-order valence-corrected chi connectivity index (χ0v) is 11.1. The second kappa shape index (κ2) is 6.42. The van der Waals surface area contributed by atoms with E-state index in [1.807, 2.05) is 0 Å². The summed E-state index contributed by atoms with van der Waals surface area (Å²) in [4.78, 5) is 27.1. The van der Waals surface area contributed by atoms with E-state index in [2.05, 4.69) is 5.32 Å². The van der Waals surface area contributed by atoms with E-state index < -0.39 is 0 Å². The van der Waals surface area contributed by atoms with E-state index >= 15 is 0 Å². The van der Waals surface area contributed by atoms with Crippen molar-refractivity contribution in [3.8, 4) is 0 Å². The van der Waals surface area contributed by atoms with Crippen molar-refractivity contribution in [2.45, 2.75) is 0 Å². The molecule has 1 fully saturated rings. The topological polar surface area (TPSA) is 71.1 Å². The molecule has 2 aliphatic rings. The van der Waals surface area contributed by atoms with E-state index in [1.54, 1.807) is 11.9 Å². The molecule has 0 saturated carbocycles. The normalized spacial score (nSPS) is 19.0. The van der Waals surface area contributed by atoms with Gasteiger partial charge in [-0.1, -0.05) is 0 Å². The monoisotopic (exact) mass is 269 g/mol. The van der Waals surface area contributed by atoms with Crippen LogP contribution in [-0.2, 0) is 19.1 Å². The molecule has 0 aromatic heterocycles. The first-order valence-corrected chi connectivity index (χ1v) is 6.37. The molecule has 0 aromatic rings. The number of ether oxygens (including phenoxy) is 2. The SMILES string of the molecule is CN(CC(=O)N1CCNCC1)C(=O)C1=COCCO1. The van der Waals surface area contributed by atoms with Gasteiger partial charge in [0.15, 0.2) is 0 Å². The highest BCUT2D eigenvalue weighted by Gasteiger charge is 2.23. The molecule has 0 aliphatic carbocycles. The van der Waals surface area contributed by atoms with Gasteiger partial charge in [0.1, 0.15) is 19.5 Å². The number of carbonyl (C=O) groups excluding carboxylic acids is 2. The van der Waals surface area contributed by atoms with E-state index in [9.17, 15) is 9.59 Å². The Hall–Kier alpha value is -1.76. The predicted molar refractivity (Wildman–Crippen MR) is 67.1 cm³/mol. The lowest BCUT2D eigenvalue weighted by atomic mass is 10.3. The number of carbonyl (C=O) groups is 2. The third-order valence-corrected chi connectivity index (χ3v) is 3.05. The zero-order valence-electron chi connectivity index (χ0n) is 11.1. The Balaban J connectivity index is 1.85. The molecule has 0 aromatic carbocycles. The molecule has 2 amide bonds. The van der Waals surface area contributed by atoms with E-state index in [4.69, 9.17) is 9.47 Å². The van der Waals surface area contributed by atoms with Crippen LogP contribution in [0.15, 0.2) is 12.0 Å². The molecule has 0 bridgehead atoms. The largest absolute Gasteiger partial charge is 0.494 e. The molecule has 2 rings (SSSR count). The van der Waals surface area contributed by atoms with Gasteiger partial charge in [-0.2, -0.15) is 0 Å². The first-order valence-electron chi connectivity index (χ1n) is 6.37. The van der Waals surface area contributed by atoms with Gasteiger partial charge >= 0.3 is 0 Å². The van der Waals surface area contributed by atoms with Crippen LogP contribution in [0, 0.1) is 0 Å². The summed E-state index contributed by atoms with van der Waals surface area (Å²) in [5.74, 6) is -0.222. The van der Waals surface area contributed by atoms with Crippen molar-refractivity contribution in [2.75, 3.05) is 53.0 Å². The fourth-order valence-corrected chi connectivity index (χ4v) is 1.96. The molecule has 1 N–H and O–H groups in total. The van der Waals surface area contributed by atoms with Crippen molar-refractivity contribution in [1.82, 2.24) is 15.1 Å². The molecule has 1 saturated heterocycles. The van der Waals surface area contributed by atoms with Crippen LogP contribution in [0.2, 0.25) is 0 Å². The third-order valence-electron chi connectivity index (χ3n) is 3.05. The molecule has 0 atom stereocenters. The Kier molecular flexibility index (Phi) is 4.62. The van der Waals surface area contributed by atoms with Crippen LogP contribution in [0.3, 0.4) is 0 Å². The van der Waals surface area contributed by atoms with Crippen molar-refractivity contribution < 1.29 is 19.1 Å². The Morgan fingerprint density at radius 1 is 1.37 bits per heavy atom. The predicted octanol–water partition coefficient (Wildman–Crippen LogP) is -1.24. The molecule has 106 valence electrons. The summed E-state index contributed by atoms with van der Waals surface area (Å²) in [6.45, 7) is 3.82. The van der Waals surface area contributed by atoms with E-state index in [-0.39, 0.29) is 24.1 Å². The van der Waals surface area contributed by atoms with Gasteiger partial charge in [0.25, 0.3) is 5.91 Å². The average molecular weight is 269 g/mol. The summed E-state index contributed by atoms with van der Waals surface area (Å²) in [6.07, 6.45) is 1.30. The fraction of sp³-hybridized carbons (Fsp3) is 0.667. The number of rotatable bonds is 3. The van der Waals surface area contributed by atoms with Crippen molar-refractivity contribution in [2.24, 2.45) is 0 Å². The minimum absolute atomic E-state index is 0.0466. The zero-order chi connectivity index (χ0) is 13.7. The molecule has 0 unspecified atom stereocenters. The van der Waals surface area contributed by atoms with Crippen molar-refractivity contribution in [3.05, 3.63) is 12.0 Å². The summed E-state index contributed by atoms with van der Waals surface area (Å²) in [7, 11) is 1.58. The lowest BCUT2D eigenvalue weighted by molar-refractivity contribution is -0.140. The quantitative estimate of drug-likeness (QED) is 0.694. The molecule has 19 heavy (non-hydrogen) atoms. The number of hydrogen-bond acceptors (Lipinski definition) is 5. The van der Waals surface area contributed by atoms with Crippen LogP contribution in [0.4, 0.5) is 0 Å². The fourth-order valence-electron chi connectivity index (χ4n) is 1.96. The van der Waals surface area contributed by atoms with Crippen molar-refractivity contribution in [3.63, 3.8) is 0 Å². The van der Waals surface area contributed by atoms with E-state index in [0.717, 1.165) is 13.1 Å². The van der Waals surface area contributed by atoms with Crippen LogP contribution < -0.4 is 5.32 Å². The van der Waals surface area contributed by atoms with Gasteiger partial charge in [0.05, 0.1) is 6.54 Å². The van der Waals surface area contributed by atoms with Crippen LogP contribution in [-0.4, -0.2) is 74.6 Å². The number of amides is 2. The smallest absolute Gasteiger partial charge is 0.292 e. The van der Waals surface area contributed by atoms with Gasteiger partial charge in [-0.3, -0.25) is 9.59 Å². The van der Waals surface area contributed by atoms with Gasteiger partial charge in [-0.05, 0) is 0 Å². The van der Waals surface area contributed by atoms with Gasteiger partial charge in [0.2, 0.25) is 11.7 Å². The average Bonchev–Trinajstić information content (AvgIpc) is 2.48. The van der Waals surface area contributed by atoms with Gasteiger partial charge < -0.3 is 24.6 Å². The molecular formula is C12H19N3O4. The summed E-state index contributed by atoms with van der Waals surface area (Å²) < 4.78 is 10.2. The number of piperazine rings is 1. The highest BCUT2D eigenvalue weighted by Crippen LogP contribution is 2.08. The Labute approximate surface area is 112 Å². The van der Waals surface area contributed by atoms with Crippen LogP contribution in [0.1, 0.15) is 0 Å². The van der Waals surface area contributed by atoms with Crippen LogP contribution in [0.25, 0.3) is 0 Å². The standard InChI is InChI=1S/C12H19N3O4/c1-14(12(17)10-9-18-6-7-19-10)8-11(16)15-4-2-13-3-5-15/h9,13H,2-8H2,1H3. The molecule has 7 heteroatoms. The number of likely N-dealkylation sites (N-methyl/N-ethyl adjacent to an activating group) is 1. The van der Waals surface area contributed by atoms with Crippen molar-refractivity contribution in [1.29, 1.82) is 0 Å². The number of nitrogens with zero attached hydrogens (tertiary/aromatic N) is 2. The first kappa shape index (κ1) is 13.7. The molecular weight excluding hydrogens is 250 g/mol. The Morgan fingerprint density at radius 2 is 2.11 bits per heavy atom. The second-order valence-electron chi connectivity index (χ2n) is 4.49. The van der Waals surface area contributed by atoms with Gasteiger partial charge in [0, 0.05) is 33.2 Å². The molecule has 2 aliphatic heterocycles. The van der Waals surface area contributed by atoms with Crippen molar-refractivity contribution >= 4 is 11.8 Å². The number of hydrogen-bond donors (Lipinski definition) is 1. The summed E-state index contributed by atoms with van der Waals surface area (Å²) in [6, 6.07) is 0. The summed E-state index contributed by atoms with van der Waals surface area (Å²) in [5, 5.41) is 3.18. The molecule has 2 heterocycles. The van der Waals surface area contributed by atoms with Crippen LogP contribution >= 0.6 is 0 Å². The Morgan fingerprint density at radius 3 is 2.74 bits per heavy atom. The third kappa shape index (κ3) is 3.60. The van der Waals surface area contributed by atoms with Crippen LogP contribution in [0.5, 0.6) is 0 Å². The maximum Gasteiger partial charge on any atom is 0.292 e. The first-order chi connectivity index (χ1) is 9.18. The lowest BCUT2D eigenvalue weighted by Crippen LogP contribution is -2.50. The Bertz CT molecular complexity index is 377. The van der Waals surface area contributed by atoms with E-state index in [0.29, 0.717) is 26.3 Å². The minimum Gasteiger partial charge on any atom is -0.494 e. The number of nitrogens with one attached hydrogen (secondary N) is 1.